The summed E-state index contributed by atoms with van der Waals surface area (Å²) in [7, 11) is 0. The topological polar surface area (TPSA) is 43.8 Å². The van der Waals surface area contributed by atoms with Gasteiger partial charge in [-0.15, -0.1) is 0 Å². The van der Waals surface area contributed by atoms with E-state index in [2.05, 4.69) is 30.2 Å². The smallest absolute Gasteiger partial charge is 0.0649 e. The number of benzene rings is 1. The zero-order valence-electron chi connectivity index (χ0n) is 9.07. The first-order valence-electron chi connectivity index (χ1n) is 5.02. The highest BCUT2D eigenvalue weighted by Gasteiger charge is 2.01. The van der Waals surface area contributed by atoms with E-state index in [-0.39, 0.29) is 0 Å². The van der Waals surface area contributed by atoms with Crippen molar-refractivity contribution < 1.29 is 0 Å². The second kappa shape index (κ2) is 3.87. The summed E-state index contributed by atoms with van der Waals surface area (Å²) in [5.74, 6) is 0. The SMILES string of the molecule is Cc1cnn(-c2ccc(C)c(CN)c2)c1. The molecule has 2 aromatic rings. The Labute approximate surface area is 89.5 Å². The molecule has 1 aromatic carbocycles. The van der Waals surface area contributed by atoms with E-state index in [0.29, 0.717) is 6.54 Å². The summed E-state index contributed by atoms with van der Waals surface area (Å²) in [5.41, 5.74) is 10.3. The molecule has 0 fully saturated rings. The minimum atomic E-state index is 0.569. The largest absolute Gasteiger partial charge is 0.326 e. The number of nitrogens with zero attached hydrogens (tertiary/aromatic N) is 2. The summed E-state index contributed by atoms with van der Waals surface area (Å²) in [6.07, 6.45) is 3.85. The predicted octanol–water partition coefficient (Wildman–Crippen LogP) is 1.95. The van der Waals surface area contributed by atoms with Crippen LogP contribution in [0.3, 0.4) is 0 Å². The van der Waals surface area contributed by atoms with Crippen LogP contribution in [0.25, 0.3) is 5.69 Å². The Hall–Kier alpha value is -1.61. The highest BCUT2D eigenvalue weighted by Crippen LogP contribution is 2.14. The molecule has 78 valence electrons. The summed E-state index contributed by atoms with van der Waals surface area (Å²) in [5, 5.41) is 4.27. The lowest BCUT2D eigenvalue weighted by molar-refractivity contribution is 0.874. The molecule has 0 unspecified atom stereocenters. The van der Waals surface area contributed by atoms with Crippen molar-refractivity contribution in [2.45, 2.75) is 20.4 Å². The normalized spacial score (nSPS) is 10.6. The van der Waals surface area contributed by atoms with Gasteiger partial charge in [0.15, 0.2) is 0 Å². The molecule has 15 heavy (non-hydrogen) atoms. The van der Waals surface area contributed by atoms with Gasteiger partial charge in [0.1, 0.15) is 0 Å². The van der Waals surface area contributed by atoms with Crippen LogP contribution in [0, 0.1) is 13.8 Å². The Morgan fingerprint density at radius 1 is 1.33 bits per heavy atom. The van der Waals surface area contributed by atoms with Crippen molar-refractivity contribution in [2.24, 2.45) is 5.73 Å². The van der Waals surface area contributed by atoms with Crippen molar-refractivity contribution in [3.8, 4) is 5.69 Å². The fourth-order valence-corrected chi connectivity index (χ4v) is 1.57. The number of aromatic nitrogens is 2. The van der Waals surface area contributed by atoms with E-state index < -0.39 is 0 Å². The summed E-state index contributed by atoms with van der Waals surface area (Å²) in [4.78, 5) is 0. The van der Waals surface area contributed by atoms with Crippen molar-refractivity contribution in [3.05, 3.63) is 47.3 Å². The lowest BCUT2D eigenvalue weighted by Crippen LogP contribution is -2.02. The maximum absolute atomic E-state index is 5.67. The molecule has 1 aromatic heterocycles. The summed E-state index contributed by atoms with van der Waals surface area (Å²) in [6, 6.07) is 6.22. The van der Waals surface area contributed by atoms with E-state index in [1.165, 1.54) is 11.1 Å². The number of aryl methyl sites for hydroxylation is 2. The zero-order valence-corrected chi connectivity index (χ0v) is 9.07. The van der Waals surface area contributed by atoms with Gasteiger partial charge in [0.05, 0.1) is 11.9 Å². The molecule has 0 bridgehead atoms. The van der Waals surface area contributed by atoms with Gasteiger partial charge in [-0.2, -0.15) is 5.10 Å². The molecule has 2 rings (SSSR count). The Balaban J connectivity index is 2.45. The molecule has 3 heteroatoms. The van der Waals surface area contributed by atoms with E-state index in [1.54, 1.807) is 0 Å². The number of rotatable bonds is 2. The molecule has 1 heterocycles. The van der Waals surface area contributed by atoms with E-state index in [4.69, 9.17) is 5.73 Å². The number of hydrogen-bond acceptors (Lipinski definition) is 2. The van der Waals surface area contributed by atoms with Crippen LogP contribution >= 0.6 is 0 Å². The van der Waals surface area contributed by atoms with Crippen LogP contribution in [0.4, 0.5) is 0 Å². The first kappa shape index (κ1) is 9.93. The van der Waals surface area contributed by atoms with Gasteiger partial charge in [-0.05, 0) is 42.7 Å². The zero-order chi connectivity index (χ0) is 10.8. The molecule has 0 amide bonds. The molecule has 0 saturated heterocycles. The molecule has 0 aliphatic carbocycles. The van der Waals surface area contributed by atoms with Crippen LogP contribution in [0.2, 0.25) is 0 Å². The highest BCUT2D eigenvalue weighted by atomic mass is 15.3. The van der Waals surface area contributed by atoms with Gasteiger partial charge in [-0.25, -0.2) is 4.68 Å². The Bertz CT molecular complexity index is 471. The molecule has 0 aliphatic heterocycles. The van der Waals surface area contributed by atoms with Gasteiger partial charge in [-0.1, -0.05) is 6.07 Å². The van der Waals surface area contributed by atoms with Gasteiger partial charge in [0, 0.05) is 12.7 Å². The van der Waals surface area contributed by atoms with Crippen LogP contribution in [0.5, 0.6) is 0 Å². The van der Waals surface area contributed by atoms with Crippen LogP contribution in [-0.2, 0) is 6.54 Å². The lowest BCUT2D eigenvalue weighted by Gasteiger charge is -2.06. The summed E-state index contributed by atoms with van der Waals surface area (Å²) in [6.45, 7) is 4.67. The van der Waals surface area contributed by atoms with Gasteiger partial charge < -0.3 is 5.73 Å². The van der Waals surface area contributed by atoms with Crippen molar-refractivity contribution in [2.75, 3.05) is 0 Å². The minimum absolute atomic E-state index is 0.569. The fourth-order valence-electron chi connectivity index (χ4n) is 1.57. The summed E-state index contributed by atoms with van der Waals surface area (Å²) >= 11 is 0. The second-order valence-corrected chi connectivity index (χ2v) is 3.78. The van der Waals surface area contributed by atoms with Crippen molar-refractivity contribution >= 4 is 0 Å². The average molecular weight is 201 g/mol. The molecule has 0 aliphatic rings. The Morgan fingerprint density at radius 3 is 2.73 bits per heavy atom. The third-order valence-corrected chi connectivity index (χ3v) is 2.53. The molecule has 0 atom stereocenters. The van der Waals surface area contributed by atoms with Crippen LogP contribution < -0.4 is 5.73 Å². The highest BCUT2D eigenvalue weighted by molar-refractivity contribution is 5.39. The average Bonchev–Trinajstić information content (AvgIpc) is 2.66. The van der Waals surface area contributed by atoms with E-state index >= 15 is 0 Å². The summed E-state index contributed by atoms with van der Waals surface area (Å²) < 4.78 is 1.87. The van der Waals surface area contributed by atoms with Gasteiger partial charge in [0.2, 0.25) is 0 Å². The maximum atomic E-state index is 5.67. The van der Waals surface area contributed by atoms with E-state index in [9.17, 15) is 0 Å². The van der Waals surface area contributed by atoms with Crippen molar-refractivity contribution in [1.82, 2.24) is 9.78 Å². The van der Waals surface area contributed by atoms with Crippen molar-refractivity contribution in [3.63, 3.8) is 0 Å². The molecule has 0 saturated carbocycles. The lowest BCUT2D eigenvalue weighted by atomic mass is 10.1. The molecular formula is C12H15N3. The monoisotopic (exact) mass is 201 g/mol. The second-order valence-electron chi connectivity index (χ2n) is 3.78. The van der Waals surface area contributed by atoms with E-state index in [1.807, 2.05) is 24.0 Å². The fraction of sp³-hybridized carbons (Fsp3) is 0.250. The van der Waals surface area contributed by atoms with E-state index in [0.717, 1.165) is 11.3 Å². The van der Waals surface area contributed by atoms with Crippen LogP contribution in [0.1, 0.15) is 16.7 Å². The Kier molecular flexibility index (Phi) is 2.56. The Morgan fingerprint density at radius 2 is 2.13 bits per heavy atom. The maximum Gasteiger partial charge on any atom is 0.0649 e. The minimum Gasteiger partial charge on any atom is -0.326 e. The van der Waals surface area contributed by atoms with Gasteiger partial charge in [0.25, 0.3) is 0 Å². The first-order valence-corrected chi connectivity index (χ1v) is 5.02. The number of hydrogen-bond donors (Lipinski definition) is 1. The molecule has 0 radical (unpaired) electrons. The van der Waals surface area contributed by atoms with Crippen LogP contribution in [0.15, 0.2) is 30.6 Å². The third-order valence-electron chi connectivity index (χ3n) is 2.53. The van der Waals surface area contributed by atoms with Gasteiger partial charge >= 0.3 is 0 Å². The predicted molar refractivity (Wildman–Crippen MR) is 60.9 cm³/mol. The van der Waals surface area contributed by atoms with Gasteiger partial charge in [-0.3, -0.25) is 0 Å². The molecule has 2 N–H and O–H groups in total. The quantitative estimate of drug-likeness (QED) is 0.807. The first-order chi connectivity index (χ1) is 7.20. The standard InChI is InChI=1S/C12H15N3/c1-9-7-14-15(8-9)12-4-3-10(2)11(5-12)6-13/h3-5,7-8H,6,13H2,1-2H3. The third kappa shape index (κ3) is 1.92. The molecule has 3 nitrogen and oxygen atoms in total. The number of nitrogens with two attached hydrogens (primary N) is 1. The molecule has 0 spiro atoms. The van der Waals surface area contributed by atoms with Crippen molar-refractivity contribution in [1.29, 1.82) is 0 Å². The molecular weight excluding hydrogens is 186 g/mol. The van der Waals surface area contributed by atoms with Crippen LogP contribution in [-0.4, -0.2) is 9.78 Å².